The van der Waals surface area contributed by atoms with Crippen molar-refractivity contribution in [1.29, 1.82) is 0 Å². The van der Waals surface area contributed by atoms with Crippen molar-refractivity contribution in [3.8, 4) is 0 Å². The zero-order chi connectivity index (χ0) is 11.3. The molecule has 0 saturated heterocycles. The van der Waals surface area contributed by atoms with Gasteiger partial charge < -0.3 is 10.1 Å². The van der Waals surface area contributed by atoms with Crippen LogP contribution in [0.2, 0.25) is 0 Å². The molecule has 1 aromatic carbocycles. The SMILES string of the molecule is CCNc1cc(COC)ccc1[N+](=O)[O-]. The van der Waals surface area contributed by atoms with E-state index in [1.54, 1.807) is 19.2 Å². The summed E-state index contributed by atoms with van der Waals surface area (Å²) in [4.78, 5) is 10.3. The molecule has 1 aromatic rings. The minimum atomic E-state index is -0.394. The Labute approximate surface area is 88.2 Å². The van der Waals surface area contributed by atoms with Crippen LogP contribution in [0, 0.1) is 10.1 Å². The lowest BCUT2D eigenvalue weighted by molar-refractivity contribution is -0.384. The lowest BCUT2D eigenvalue weighted by atomic mass is 10.2. The Morgan fingerprint density at radius 3 is 2.80 bits per heavy atom. The largest absolute Gasteiger partial charge is 0.380 e. The second kappa shape index (κ2) is 5.31. The third-order valence-electron chi connectivity index (χ3n) is 1.94. The normalized spacial score (nSPS) is 10.0. The lowest BCUT2D eigenvalue weighted by Crippen LogP contribution is -2.02. The number of hydrogen-bond acceptors (Lipinski definition) is 4. The van der Waals surface area contributed by atoms with Crippen molar-refractivity contribution in [1.82, 2.24) is 0 Å². The van der Waals surface area contributed by atoms with Gasteiger partial charge in [0, 0.05) is 19.7 Å². The quantitative estimate of drug-likeness (QED) is 0.597. The number of nitrogens with zero attached hydrogens (tertiary/aromatic N) is 1. The van der Waals surface area contributed by atoms with Crippen LogP contribution >= 0.6 is 0 Å². The van der Waals surface area contributed by atoms with E-state index in [1.807, 2.05) is 6.92 Å². The fraction of sp³-hybridized carbons (Fsp3) is 0.400. The lowest BCUT2D eigenvalue weighted by Gasteiger charge is -2.06. The summed E-state index contributed by atoms with van der Waals surface area (Å²) in [6.45, 7) is 3.00. The molecular weight excluding hydrogens is 196 g/mol. The number of ether oxygens (including phenoxy) is 1. The summed E-state index contributed by atoms with van der Waals surface area (Å²) in [5.41, 5.74) is 1.55. The smallest absolute Gasteiger partial charge is 0.292 e. The number of methoxy groups -OCH3 is 1. The summed E-state index contributed by atoms with van der Waals surface area (Å²) in [7, 11) is 1.59. The van der Waals surface area contributed by atoms with Gasteiger partial charge in [-0.3, -0.25) is 10.1 Å². The molecule has 5 nitrogen and oxygen atoms in total. The molecule has 0 aliphatic rings. The number of anilines is 1. The number of benzene rings is 1. The van der Waals surface area contributed by atoms with E-state index >= 15 is 0 Å². The highest BCUT2D eigenvalue weighted by molar-refractivity contribution is 5.62. The fourth-order valence-corrected chi connectivity index (χ4v) is 1.33. The molecule has 0 saturated carbocycles. The van der Waals surface area contributed by atoms with E-state index in [-0.39, 0.29) is 5.69 Å². The molecule has 5 heteroatoms. The van der Waals surface area contributed by atoms with Crippen LogP contribution in [0.15, 0.2) is 18.2 Å². The Balaban J connectivity index is 3.03. The molecule has 0 atom stereocenters. The topological polar surface area (TPSA) is 64.4 Å². The Kier molecular flexibility index (Phi) is 4.05. The van der Waals surface area contributed by atoms with Crippen molar-refractivity contribution < 1.29 is 9.66 Å². The van der Waals surface area contributed by atoms with Crippen molar-refractivity contribution in [2.45, 2.75) is 13.5 Å². The molecule has 1 N–H and O–H groups in total. The fourth-order valence-electron chi connectivity index (χ4n) is 1.33. The van der Waals surface area contributed by atoms with Gasteiger partial charge in [0.05, 0.1) is 11.5 Å². The Morgan fingerprint density at radius 2 is 2.27 bits per heavy atom. The highest BCUT2D eigenvalue weighted by Gasteiger charge is 2.12. The number of nitrogens with one attached hydrogen (secondary N) is 1. The van der Waals surface area contributed by atoms with E-state index in [9.17, 15) is 10.1 Å². The summed E-state index contributed by atoms with van der Waals surface area (Å²) in [6, 6.07) is 4.93. The molecule has 0 fully saturated rings. The van der Waals surface area contributed by atoms with Gasteiger partial charge in [-0.05, 0) is 24.6 Å². The maximum atomic E-state index is 10.7. The molecule has 0 unspecified atom stereocenters. The molecular formula is C10H14N2O3. The minimum Gasteiger partial charge on any atom is -0.380 e. The van der Waals surface area contributed by atoms with Crippen LogP contribution in [0.25, 0.3) is 0 Å². The van der Waals surface area contributed by atoms with Gasteiger partial charge in [-0.15, -0.1) is 0 Å². The van der Waals surface area contributed by atoms with Gasteiger partial charge in [-0.25, -0.2) is 0 Å². The number of rotatable bonds is 5. The van der Waals surface area contributed by atoms with Gasteiger partial charge in [-0.2, -0.15) is 0 Å². The number of nitro groups is 1. The molecule has 1 rings (SSSR count). The first-order chi connectivity index (χ1) is 7.19. The molecule has 0 heterocycles. The van der Waals surface area contributed by atoms with E-state index in [0.717, 1.165) is 5.56 Å². The van der Waals surface area contributed by atoms with Crippen molar-refractivity contribution in [2.75, 3.05) is 19.0 Å². The molecule has 0 radical (unpaired) electrons. The molecule has 82 valence electrons. The van der Waals surface area contributed by atoms with Crippen LogP contribution in [-0.4, -0.2) is 18.6 Å². The van der Waals surface area contributed by atoms with E-state index in [1.165, 1.54) is 6.07 Å². The monoisotopic (exact) mass is 210 g/mol. The second-order valence-electron chi connectivity index (χ2n) is 3.07. The molecule has 0 aliphatic heterocycles. The van der Waals surface area contributed by atoms with Gasteiger partial charge in [0.25, 0.3) is 5.69 Å². The maximum Gasteiger partial charge on any atom is 0.292 e. The highest BCUT2D eigenvalue weighted by Crippen LogP contribution is 2.25. The predicted octanol–water partition coefficient (Wildman–Crippen LogP) is 2.17. The Morgan fingerprint density at radius 1 is 1.53 bits per heavy atom. The summed E-state index contributed by atoms with van der Waals surface area (Å²) < 4.78 is 4.96. The first-order valence-electron chi connectivity index (χ1n) is 4.69. The van der Waals surface area contributed by atoms with Gasteiger partial charge in [-0.1, -0.05) is 0 Å². The van der Waals surface area contributed by atoms with E-state index in [4.69, 9.17) is 4.74 Å². The van der Waals surface area contributed by atoms with Crippen LogP contribution < -0.4 is 5.32 Å². The van der Waals surface area contributed by atoms with Crippen LogP contribution in [0.3, 0.4) is 0 Å². The summed E-state index contributed by atoms with van der Waals surface area (Å²) >= 11 is 0. The molecule has 0 spiro atoms. The van der Waals surface area contributed by atoms with Gasteiger partial charge in [0.2, 0.25) is 0 Å². The van der Waals surface area contributed by atoms with Crippen LogP contribution in [0.5, 0.6) is 0 Å². The first-order valence-corrected chi connectivity index (χ1v) is 4.69. The van der Waals surface area contributed by atoms with Gasteiger partial charge in [0.15, 0.2) is 0 Å². The summed E-state index contributed by atoms with van der Waals surface area (Å²) in [5.74, 6) is 0. The molecule has 0 aromatic heterocycles. The predicted molar refractivity (Wildman–Crippen MR) is 58.0 cm³/mol. The third-order valence-corrected chi connectivity index (χ3v) is 1.94. The average molecular weight is 210 g/mol. The van der Waals surface area contributed by atoms with E-state index in [2.05, 4.69) is 5.32 Å². The highest BCUT2D eigenvalue weighted by atomic mass is 16.6. The minimum absolute atomic E-state index is 0.0942. The van der Waals surface area contributed by atoms with E-state index < -0.39 is 4.92 Å². The standard InChI is InChI=1S/C10H14N2O3/c1-3-11-9-6-8(7-15-2)4-5-10(9)12(13)14/h4-6,11H,3,7H2,1-2H3. The zero-order valence-electron chi connectivity index (χ0n) is 8.82. The van der Waals surface area contributed by atoms with Gasteiger partial charge >= 0.3 is 0 Å². The Hall–Kier alpha value is -1.62. The first kappa shape index (κ1) is 11.5. The van der Waals surface area contributed by atoms with Crippen LogP contribution in [-0.2, 0) is 11.3 Å². The molecule has 0 bridgehead atoms. The van der Waals surface area contributed by atoms with Crippen LogP contribution in [0.4, 0.5) is 11.4 Å². The molecule has 0 amide bonds. The second-order valence-corrected chi connectivity index (χ2v) is 3.07. The number of hydrogen-bond donors (Lipinski definition) is 1. The summed E-state index contributed by atoms with van der Waals surface area (Å²) in [5, 5.41) is 13.7. The van der Waals surface area contributed by atoms with Gasteiger partial charge in [0.1, 0.15) is 5.69 Å². The number of nitro benzene ring substituents is 1. The maximum absolute atomic E-state index is 10.7. The van der Waals surface area contributed by atoms with Crippen LogP contribution in [0.1, 0.15) is 12.5 Å². The summed E-state index contributed by atoms with van der Waals surface area (Å²) in [6.07, 6.45) is 0. The average Bonchev–Trinajstić information content (AvgIpc) is 2.18. The van der Waals surface area contributed by atoms with Crippen molar-refractivity contribution >= 4 is 11.4 Å². The Bertz CT molecular complexity index is 353. The zero-order valence-corrected chi connectivity index (χ0v) is 8.82. The molecule has 0 aliphatic carbocycles. The van der Waals surface area contributed by atoms with E-state index in [0.29, 0.717) is 18.8 Å². The van der Waals surface area contributed by atoms with Crippen molar-refractivity contribution in [2.24, 2.45) is 0 Å². The molecule has 15 heavy (non-hydrogen) atoms. The van der Waals surface area contributed by atoms with Crippen molar-refractivity contribution in [3.63, 3.8) is 0 Å². The third kappa shape index (κ3) is 2.92. The van der Waals surface area contributed by atoms with Crippen molar-refractivity contribution in [3.05, 3.63) is 33.9 Å².